The molecule has 3 rings (SSSR count). The van der Waals surface area contributed by atoms with Crippen molar-refractivity contribution in [3.8, 4) is 0 Å². The highest BCUT2D eigenvalue weighted by Gasteiger charge is 2.11. The third kappa shape index (κ3) is 5.04. The first-order chi connectivity index (χ1) is 13.0. The minimum absolute atomic E-state index is 0.0341. The summed E-state index contributed by atoms with van der Waals surface area (Å²) in [5.74, 6) is 0.419. The van der Waals surface area contributed by atoms with E-state index in [1.165, 1.54) is 10.9 Å². The van der Waals surface area contributed by atoms with E-state index in [-0.39, 0.29) is 30.8 Å². The van der Waals surface area contributed by atoms with Gasteiger partial charge in [-0.3, -0.25) is 14.3 Å². The average molecular weight is 367 g/mol. The maximum absolute atomic E-state index is 12.1. The van der Waals surface area contributed by atoms with Crippen molar-refractivity contribution in [2.45, 2.75) is 32.9 Å². The highest BCUT2D eigenvalue weighted by atomic mass is 16.5. The van der Waals surface area contributed by atoms with Crippen LogP contribution in [-0.2, 0) is 17.9 Å². The van der Waals surface area contributed by atoms with Gasteiger partial charge < -0.3 is 15.2 Å². The van der Waals surface area contributed by atoms with Gasteiger partial charge >= 0.3 is 0 Å². The molecule has 8 heteroatoms. The number of hydrogen-bond acceptors (Lipinski definition) is 5. The normalized spacial score (nSPS) is 10.8. The van der Waals surface area contributed by atoms with E-state index in [1.54, 1.807) is 30.5 Å². The Bertz CT molecular complexity index is 914. The number of carbonyl (C=O) groups excluding carboxylic acids is 2. The lowest BCUT2D eigenvalue weighted by Gasteiger charge is -2.03. The molecule has 0 aliphatic rings. The maximum Gasteiger partial charge on any atom is 0.255 e. The Balaban J connectivity index is 1.49. The molecular weight excluding hydrogens is 346 g/mol. The quantitative estimate of drug-likeness (QED) is 0.668. The Morgan fingerprint density at radius 1 is 1.22 bits per heavy atom. The molecule has 0 atom stereocenters. The van der Waals surface area contributed by atoms with Crippen LogP contribution in [0.25, 0.3) is 0 Å². The van der Waals surface area contributed by atoms with Gasteiger partial charge in [-0.05, 0) is 18.1 Å². The lowest BCUT2D eigenvalue weighted by atomic mass is 10.1. The van der Waals surface area contributed by atoms with Gasteiger partial charge in [0.05, 0.1) is 24.1 Å². The van der Waals surface area contributed by atoms with Gasteiger partial charge in [0.25, 0.3) is 5.91 Å². The summed E-state index contributed by atoms with van der Waals surface area (Å²) in [5.41, 5.74) is 1.93. The first-order valence-corrected chi connectivity index (χ1v) is 8.62. The van der Waals surface area contributed by atoms with E-state index in [9.17, 15) is 9.59 Å². The fourth-order valence-corrected chi connectivity index (χ4v) is 2.38. The Kier molecular flexibility index (Phi) is 5.65. The smallest absolute Gasteiger partial charge is 0.255 e. The van der Waals surface area contributed by atoms with Crippen LogP contribution in [0.1, 0.15) is 41.6 Å². The minimum atomic E-state index is -0.231. The second-order valence-electron chi connectivity index (χ2n) is 6.40. The molecule has 0 fully saturated rings. The number of rotatable bonds is 7. The predicted octanol–water partition coefficient (Wildman–Crippen LogP) is 2.56. The predicted molar refractivity (Wildman–Crippen MR) is 99.1 cm³/mol. The zero-order chi connectivity index (χ0) is 19.2. The fourth-order valence-electron chi connectivity index (χ4n) is 2.38. The molecule has 0 bridgehead atoms. The summed E-state index contributed by atoms with van der Waals surface area (Å²) in [4.78, 5) is 24.2. The Morgan fingerprint density at radius 3 is 2.70 bits per heavy atom. The number of nitrogens with one attached hydrogen (secondary N) is 2. The van der Waals surface area contributed by atoms with Crippen LogP contribution in [-0.4, -0.2) is 26.8 Å². The molecule has 2 heterocycles. The Hall–Kier alpha value is -3.42. The molecule has 2 aromatic heterocycles. The molecule has 2 amide bonds. The summed E-state index contributed by atoms with van der Waals surface area (Å²) in [6, 6.07) is 10.7. The summed E-state index contributed by atoms with van der Waals surface area (Å²) < 4.78 is 6.64. The number of nitrogens with zero attached hydrogens (tertiary/aromatic N) is 3. The summed E-state index contributed by atoms with van der Waals surface area (Å²) >= 11 is 0. The van der Waals surface area contributed by atoms with Crippen LogP contribution >= 0.6 is 0 Å². The van der Waals surface area contributed by atoms with E-state index < -0.39 is 0 Å². The van der Waals surface area contributed by atoms with Crippen molar-refractivity contribution >= 4 is 17.5 Å². The number of anilines is 1. The molecule has 27 heavy (non-hydrogen) atoms. The van der Waals surface area contributed by atoms with E-state index in [1.807, 2.05) is 26.0 Å². The number of benzene rings is 1. The molecule has 0 saturated carbocycles. The van der Waals surface area contributed by atoms with E-state index in [2.05, 4.69) is 20.9 Å². The van der Waals surface area contributed by atoms with Crippen LogP contribution in [0.15, 0.2) is 53.3 Å². The van der Waals surface area contributed by atoms with Gasteiger partial charge in [0.2, 0.25) is 5.91 Å². The second kappa shape index (κ2) is 8.31. The molecular formula is C19H21N5O3. The van der Waals surface area contributed by atoms with Gasteiger partial charge in [-0.15, -0.1) is 0 Å². The number of amides is 2. The third-order valence-corrected chi connectivity index (χ3v) is 3.86. The van der Waals surface area contributed by atoms with Crippen molar-refractivity contribution in [1.29, 1.82) is 0 Å². The SMILES string of the molecule is CC(C)c1cc(CNC(=O)Cn2cc(NC(=O)c3ccccc3)cn2)on1. The Labute approximate surface area is 156 Å². The maximum atomic E-state index is 12.1. The summed E-state index contributed by atoms with van der Waals surface area (Å²) in [6.07, 6.45) is 3.10. The van der Waals surface area contributed by atoms with Gasteiger partial charge in [0.1, 0.15) is 6.54 Å². The molecule has 0 unspecified atom stereocenters. The van der Waals surface area contributed by atoms with Crippen LogP contribution in [0.3, 0.4) is 0 Å². The minimum Gasteiger partial charge on any atom is -0.359 e. The number of carbonyl (C=O) groups is 2. The molecule has 1 aromatic carbocycles. The lowest BCUT2D eigenvalue weighted by molar-refractivity contribution is -0.122. The highest BCUT2D eigenvalue weighted by molar-refractivity contribution is 6.04. The van der Waals surface area contributed by atoms with Crippen molar-refractivity contribution in [2.24, 2.45) is 0 Å². The van der Waals surface area contributed by atoms with Crippen molar-refractivity contribution in [3.63, 3.8) is 0 Å². The van der Waals surface area contributed by atoms with E-state index in [0.717, 1.165) is 5.69 Å². The summed E-state index contributed by atoms with van der Waals surface area (Å²) in [7, 11) is 0. The van der Waals surface area contributed by atoms with Gasteiger partial charge in [0, 0.05) is 17.8 Å². The molecule has 2 N–H and O–H groups in total. The molecule has 140 valence electrons. The summed E-state index contributed by atoms with van der Waals surface area (Å²) in [5, 5.41) is 13.5. The van der Waals surface area contributed by atoms with E-state index >= 15 is 0 Å². The second-order valence-corrected chi connectivity index (χ2v) is 6.40. The zero-order valence-corrected chi connectivity index (χ0v) is 15.2. The van der Waals surface area contributed by atoms with E-state index in [0.29, 0.717) is 17.0 Å². The van der Waals surface area contributed by atoms with E-state index in [4.69, 9.17) is 4.52 Å². The monoisotopic (exact) mass is 367 g/mol. The number of aromatic nitrogens is 3. The van der Waals surface area contributed by atoms with Gasteiger partial charge in [0.15, 0.2) is 5.76 Å². The first kappa shape index (κ1) is 18.4. The van der Waals surface area contributed by atoms with Crippen molar-refractivity contribution in [3.05, 3.63) is 65.8 Å². The average Bonchev–Trinajstić information content (AvgIpc) is 3.30. The van der Waals surface area contributed by atoms with Gasteiger partial charge in [-0.1, -0.05) is 37.2 Å². The van der Waals surface area contributed by atoms with Crippen LogP contribution in [0.2, 0.25) is 0 Å². The van der Waals surface area contributed by atoms with Crippen LogP contribution in [0.5, 0.6) is 0 Å². The molecule has 0 saturated heterocycles. The molecule has 0 radical (unpaired) electrons. The molecule has 8 nitrogen and oxygen atoms in total. The fraction of sp³-hybridized carbons (Fsp3) is 0.263. The summed E-state index contributed by atoms with van der Waals surface area (Å²) in [6.45, 7) is 4.34. The van der Waals surface area contributed by atoms with Crippen molar-refractivity contribution < 1.29 is 14.1 Å². The molecule has 0 aliphatic heterocycles. The number of hydrogen-bond donors (Lipinski definition) is 2. The zero-order valence-electron chi connectivity index (χ0n) is 15.2. The van der Waals surface area contributed by atoms with Crippen molar-refractivity contribution in [1.82, 2.24) is 20.3 Å². The van der Waals surface area contributed by atoms with Gasteiger partial charge in [-0.2, -0.15) is 5.10 Å². The van der Waals surface area contributed by atoms with Crippen LogP contribution < -0.4 is 10.6 Å². The largest absolute Gasteiger partial charge is 0.359 e. The van der Waals surface area contributed by atoms with Crippen molar-refractivity contribution in [2.75, 3.05) is 5.32 Å². The van der Waals surface area contributed by atoms with Crippen LogP contribution in [0.4, 0.5) is 5.69 Å². The van der Waals surface area contributed by atoms with Gasteiger partial charge in [-0.25, -0.2) is 0 Å². The molecule has 3 aromatic rings. The van der Waals surface area contributed by atoms with Crippen LogP contribution in [0, 0.1) is 0 Å². The standard InChI is InChI=1S/C19H21N5O3/c1-13(2)17-8-16(27-23-17)10-20-18(25)12-24-11-15(9-21-24)22-19(26)14-6-4-3-5-7-14/h3-9,11,13H,10,12H2,1-2H3,(H,20,25)(H,22,26). The Morgan fingerprint density at radius 2 is 2.00 bits per heavy atom. The molecule has 0 spiro atoms. The third-order valence-electron chi connectivity index (χ3n) is 3.86. The molecule has 0 aliphatic carbocycles. The lowest BCUT2D eigenvalue weighted by Crippen LogP contribution is -2.27. The first-order valence-electron chi connectivity index (χ1n) is 8.62. The highest BCUT2D eigenvalue weighted by Crippen LogP contribution is 2.13. The topological polar surface area (TPSA) is 102 Å².